The first-order valence-corrected chi connectivity index (χ1v) is 6.02. The van der Waals surface area contributed by atoms with E-state index in [-0.39, 0.29) is 5.54 Å². The molecule has 0 radical (unpaired) electrons. The van der Waals surface area contributed by atoms with E-state index >= 15 is 0 Å². The van der Waals surface area contributed by atoms with Gasteiger partial charge in [0.1, 0.15) is 12.4 Å². The van der Waals surface area contributed by atoms with Gasteiger partial charge >= 0.3 is 0 Å². The van der Waals surface area contributed by atoms with Crippen molar-refractivity contribution in [2.45, 2.75) is 32.4 Å². The lowest BCUT2D eigenvalue weighted by molar-refractivity contribution is 0.136. The molecule has 98 valence electrons. The van der Waals surface area contributed by atoms with E-state index in [1.165, 1.54) is 6.26 Å². The molecule has 1 aromatic rings. The Morgan fingerprint density at radius 1 is 1.22 bits per heavy atom. The van der Waals surface area contributed by atoms with Crippen molar-refractivity contribution >= 4 is 0 Å². The molecule has 4 nitrogen and oxygen atoms in total. The molecule has 0 amide bonds. The van der Waals surface area contributed by atoms with E-state index in [1.54, 1.807) is 0 Å². The first-order chi connectivity index (χ1) is 8.46. The Labute approximate surface area is 107 Å². The van der Waals surface area contributed by atoms with Crippen molar-refractivity contribution in [2.24, 2.45) is 0 Å². The monoisotopic (exact) mass is 249 g/mol. The standard InChI is InChI=1S/C14H19NO3/c1-14(2,3)15-8-10(16)13-9-17-11-6-4-5-7-12(11)18-13/h4-7,9-10,15-16H,8H2,1-3H3/t10-/m0/s1. The Balaban J connectivity index is 1.98. The van der Waals surface area contributed by atoms with Crippen molar-refractivity contribution in [1.29, 1.82) is 0 Å². The third-order valence-electron chi connectivity index (χ3n) is 2.53. The van der Waals surface area contributed by atoms with Gasteiger partial charge in [-0.2, -0.15) is 0 Å². The van der Waals surface area contributed by atoms with Gasteiger partial charge in [-0.15, -0.1) is 0 Å². The Morgan fingerprint density at radius 3 is 2.56 bits per heavy atom. The average molecular weight is 249 g/mol. The van der Waals surface area contributed by atoms with Crippen molar-refractivity contribution in [3.63, 3.8) is 0 Å². The van der Waals surface area contributed by atoms with Crippen molar-refractivity contribution in [3.8, 4) is 11.5 Å². The van der Waals surface area contributed by atoms with Gasteiger partial charge in [-0.3, -0.25) is 0 Å². The number of aliphatic hydroxyl groups excluding tert-OH is 1. The van der Waals surface area contributed by atoms with Crippen LogP contribution in [0.25, 0.3) is 0 Å². The van der Waals surface area contributed by atoms with Crippen LogP contribution in [0.15, 0.2) is 36.3 Å². The molecule has 1 heterocycles. The molecule has 0 spiro atoms. The predicted octanol–water partition coefficient (Wildman–Crippen LogP) is 2.05. The maximum Gasteiger partial charge on any atom is 0.169 e. The molecule has 2 rings (SSSR count). The number of para-hydroxylation sites is 2. The molecule has 2 N–H and O–H groups in total. The first kappa shape index (κ1) is 12.9. The second-order valence-corrected chi connectivity index (χ2v) is 5.33. The molecule has 0 fully saturated rings. The van der Waals surface area contributed by atoms with Crippen LogP contribution in [0.5, 0.6) is 11.5 Å². The maximum absolute atomic E-state index is 10.0. The van der Waals surface area contributed by atoms with E-state index < -0.39 is 6.10 Å². The highest BCUT2D eigenvalue weighted by Crippen LogP contribution is 2.32. The zero-order chi connectivity index (χ0) is 13.2. The van der Waals surface area contributed by atoms with Crippen molar-refractivity contribution in [3.05, 3.63) is 36.3 Å². The molecule has 0 unspecified atom stereocenters. The fourth-order valence-electron chi connectivity index (χ4n) is 1.55. The Kier molecular flexibility index (Phi) is 3.59. The van der Waals surface area contributed by atoms with E-state index in [0.717, 1.165) is 0 Å². The van der Waals surface area contributed by atoms with E-state index in [1.807, 2.05) is 45.0 Å². The number of hydrogen-bond acceptors (Lipinski definition) is 4. The SMILES string of the molecule is CC(C)(C)NC[C@H](O)C1=COc2ccccc2O1. The van der Waals surface area contributed by atoms with E-state index in [0.29, 0.717) is 23.8 Å². The molecular weight excluding hydrogens is 230 g/mol. The van der Waals surface area contributed by atoms with E-state index in [4.69, 9.17) is 9.47 Å². The third-order valence-corrected chi connectivity index (χ3v) is 2.53. The van der Waals surface area contributed by atoms with Crippen LogP contribution >= 0.6 is 0 Å². The molecule has 0 saturated carbocycles. The van der Waals surface area contributed by atoms with Gasteiger partial charge in [0.2, 0.25) is 0 Å². The number of nitrogens with one attached hydrogen (secondary N) is 1. The minimum absolute atomic E-state index is 0.0467. The predicted molar refractivity (Wildman–Crippen MR) is 69.5 cm³/mol. The van der Waals surface area contributed by atoms with Crippen LogP contribution in [0.3, 0.4) is 0 Å². The van der Waals surface area contributed by atoms with Crippen LogP contribution in [-0.2, 0) is 0 Å². The van der Waals surface area contributed by atoms with Crippen molar-refractivity contribution in [2.75, 3.05) is 6.54 Å². The molecule has 1 aliphatic rings. The number of ether oxygens (including phenoxy) is 2. The molecule has 18 heavy (non-hydrogen) atoms. The van der Waals surface area contributed by atoms with Crippen molar-refractivity contribution in [1.82, 2.24) is 5.32 Å². The quantitative estimate of drug-likeness (QED) is 0.860. The van der Waals surface area contributed by atoms with Crippen molar-refractivity contribution < 1.29 is 14.6 Å². The summed E-state index contributed by atoms with van der Waals surface area (Å²) in [5.74, 6) is 1.72. The summed E-state index contributed by atoms with van der Waals surface area (Å²) >= 11 is 0. The minimum Gasteiger partial charge on any atom is -0.457 e. The lowest BCUT2D eigenvalue weighted by Crippen LogP contribution is -2.42. The molecule has 1 aromatic carbocycles. The maximum atomic E-state index is 10.0. The van der Waals surface area contributed by atoms with Crippen LogP contribution in [-0.4, -0.2) is 23.3 Å². The van der Waals surface area contributed by atoms with Gasteiger partial charge in [0.05, 0.1) is 0 Å². The number of rotatable bonds is 3. The smallest absolute Gasteiger partial charge is 0.169 e. The third kappa shape index (κ3) is 3.24. The number of hydrogen-bond donors (Lipinski definition) is 2. The molecular formula is C14H19NO3. The summed E-state index contributed by atoms with van der Waals surface area (Å²) in [6, 6.07) is 7.37. The van der Waals surface area contributed by atoms with Gasteiger partial charge in [0.25, 0.3) is 0 Å². The lowest BCUT2D eigenvalue weighted by Gasteiger charge is -2.25. The molecule has 0 aliphatic carbocycles. The fraction of sp³-hybridized carbons (Fsp3) is 0.429. The van der Waals surface area contributed by atoms with Crippen LogP contribution in [0.4, 0.5) is 0 Å². The van der Waals surface area contributed by atoms with Gasteiger partial charge in [-0.05, 0) is 32.9 Å². The Hall–Kier alpha value is -1.52. The topological polar surface area (TPSA) is 50.7 Å². The first-order valence-electron chi connectivity index (χ1n) is 6.02. The molecule has 1 aliphatic heterocycles. The molecule has 0 aromatic heterocycles. The molecule has 1 atom stereocenters. The molecule has 0 bridgehead atoms. The van der Waals surface area contributed by atoms with Gasteiger partial charge in [0.15, 0.2) is 17.3 Å². The summed E-state index contributed by atoms with van der Waals surface area (Å²) in [7, 11) is 0. The summed E-state index contributed by atoms with van der Waals surface area (Å²) in [5.41, 5.74) is -0.0467. The highest BCUT2D eigenvalue weighted by atomic mass is 16.6. The summed E-state index contributed by atoms with van der Waals surface area (Å²) in [5, 5.41) is 13.2. The zero-order valence-electron chi connectivity index (χ0n) is 10.9. The largest absolute Gasteiger partial charge is 0.457 e. The Bertz CT molecular complexity index is 449. The van der Waals surface area contributed by atoms with Gasteiger partial charge in [-0.25, -0.2) is 0 Å². The van der Waals surface area contributed by atoms with Gasteiger partial charge in [-0.1, -0.05) is 12.1 Å². The summed E-state index contributed by atoms with van der Waals surface area (Å²) in [6.07, 6.45) is 0.731. The summed E-state index contributed by atoms with van der Waals surface area (Å²) in [6.45, 7) is 6.55. The Morgan fingerprint density at radius 2 is 1.89 bits per heavy atom. The zero-order valence-corrected chi connectivity index (χ0v) is 10.9. The van der Waals surface area contributed by atoms with Crippen LogP contribution in [0.2, 0.25) is 0 Å². The number of aliphatic hydroxyl groups is 1. The van der Waals surface area contributed by atoms with Gasteiger partial charge in [0, 0.05) is 12.1 Å². The lowest BCUT2D eigenvalue weighted by atomic mass is 10.1. The van der Waals surface area contributed by atoms with Crippen LogP contribution in [0, 0.1) is 0 Å². The molecule has 4 heteroatoms. The van der Waals surface area contributed by atoms with E-state index in [2.05, 4.69) is 5.32 Å². The normalized spacial score (nSPS) is 16.1. The average Bonchev–Trinajstić information content (AvgIpc) is 2.34. The number of fused-ring (bicyclic) bond motifs is 1. The second-order valence-electron chi connectivity index (χ2n) is 5.33. The summed E-state index contributed by atoms with van der Waals surface area (Å²) < 4.78 is 11.0. The minimum atomic E-state index is -0.724. The van der Waals surface area contributed by atoms with Crippen LogP contribution < -0.4 is 14.8 Å². The number of benzene rings is 1. The highest BCUT2D eigenvalue weighted by Gasteiger charge is 2.21. The van der Waals surface area contributed by atoms with Gasteiger partial charge < -0.3 is 19.9 Å². The fourth-order valence-corrected chi connectivity index (χ4v) is 1.55. The van der Waals surface area contributed by atoms with Crippen LogP contribution in [0.1, 0.15) is 20.8 Å². The second kappa shape index (κ2) is 5.00. The molecule has 0 saturated heterocycles. The van der Waals surface area contributed by atoms with E-state index in [9.17, 15) is 5.11 Å². The summed E-state index contributed by atoms with van der Waals surface area (Å²) in [4.78, 5) is 0. The highest BCUT2D eigenvalue weighted by molar-refractivity contribution is 5.43. The number of β-amino-alcohol motifs (C(OH)–C–C–N with tert-alkyl or cyclic N) is 1.